The maximum absolute atomic E-state index is 13.6. The molecule has 3 aromatic rings. The molecular weight excluding hydrogens is 598 g/mol. The number of H-pyrrole nitrogens is 1. The highest BCUT2D eigenvalue weighted by Gasteiger charge is 2.86. The average molecular weight is 648 g/mol. The fourth-order valence-corrected chi connectivity index (χ4v) is 10.9. The number of aromatic amines is 1. The number of hydrogen-bond donors (Lipinski definition) is 4. The number of aromatic nitrogens is 2. The minimum atomic E-state index is -0.335. The Balaban J connectivity index is 0.939. The van der Waals surface area contributed by atoms with Crippen LogP contribution in [0, 0.1) is 47.8 Å². The van der Waals surface area contributed by atoms with Crippen LogP contribution in [0.2, 0.25) is 0 Å². The maximum Gasteiger partial charge on any atom is 0.253 e. The first-order valence-corrected chi connectivity index (χ1v) is 18.0. The van der Waals surface area contributed by atoms with Crippen LogP contribution in [-0.4, -0.2) is 65.8 Å². The van der Waals surface area contributed by atoms with Crippen molar-refractivity contribution in [3.63, 3.8) is 0 Å². The average Bonchev–Trinajstić information content (AvgIpc) is 3.02. The summed E-state index contributed by atoms with van der Waals surface area (Å²) in [6, 6.07) is 9.99. The Bertz CT molecular complexity index is 1800. The summed E-state index contributed by atoms with van der Waals surface area (Å²) in [5.41, 5.74) is 6.84. The molecule has 5 fully saturated rings. The van der Waals surface area contributed by atoms with E-state index in [0.29, 0.717) is 22.4 Å². The molecule has 1 amide bonds. The summed E-state index contributed by atoms with van der Waals surface area (Å²) in [4.78, 5) is 38.9. The molecule has 48 heavy (non-hydrogen) atoms. The fraction of sp³-hybridized carbons (Fsp3) is 0.538. The van der Waals surface area contributed by atoms with E-state index in [1.807, 2.05) is 52.1 Å². The second-order valence-electron chi connectivity index (χ2n) is 15.7. The first kappa shape index (κ1) is 31.3. The molecule has 9 heteroatoms. The molecule has 2 aromatic heterocycles. The van der Waals surface area contributed by atoms with Crippen LogP contribution >= 0.6 is 0 Å². The van der Waals surface area contributed by atoms with E-state index in [2.05, 4.69) is 37.6 Å². The Morgan fingerprint density at radius 1 is 1.06 bits per heavy atom. The molecule has 1 spiro atoms. The third kappa shape index (κ3) is 4.75. The number of pyridine rings is 2. The number of piperazine rings is 1. The lowest BCUT2D eigenvalue weighted by atomic mass is 9.13. The summed E-state index contributed by atoms with van der Waals surface area (Å²) in [7, 11) is 0. The zero-order chi connectivity index (χ0) is 33.4. The number of hydrogen-bond acceptors (Lipinski definition) is 7. The van der Waals surface area contributed by atoms with Crippen LogP contribution in [0.3, 0.4) is 0 Å². The Hall–Kier alpha value is -3.98. The molecule has 1 saturated heterocycles. The van der Waals surface area contributed by atoms with Crippen molar-refractivity contribution in [1.29, 1.82) is 5.41 Å². The maximum atomic E-state index is 13.6. The summed E-state index contributed by atoms with van der Waals surface area (Å²) in [6.07, 6.45) is 10.7. The van der Waals surface area contributed by atoms with Gasteiger partial charge in [0.05, 0.1) is 5.56 Å². The highest BCUT2D eigenvalue weighted by molar-refractivity contribution is 6.06. The van der Waals surface area contributed by atoms with Gasteiger partial charge in [0.2, 0.25) is 0 Å². The molecular formula is C39H49N7O2. The molecule has 5 aliphatic rings. The minimum absolute atomic E-state index is 0.0987. The molecule has 9 nitrogen and oxygen atoms in total. The number of benzene rings is 1. The highest BCUT2D eigenvalue weighted by Crippen LogP contribution is 2.93. The van der Waals surface area contributed by atoms with Crippen LogP contribution in [0.15, 0.2) is 41.3 Å². The van der Waals surface area contributed by atoms with Crippen molar-refractivity contribution in [1.82, 2.24) is 20.2 Å². The van der Waals surface area contributed by atoms with Gasteiger partial charge in [-0.05, 0) is 136 Å². The summed E-state index contributed by atoms with van der Waals surface area (Å²) < 4.78 is 0. The molecule has 4 N–H and O–H groups in total. The molecule has 0 radical (unpaired) electrons. The van der Waals surface area contributed by atoms with Gasteiger partial charge in [-0.2, -0.15) is 0 Å². The monoisotopic (exact) mass is 647 g/mol. The van der Waals surface area contributed by atoms with Crippen LogP contribution < -0.4 is 21.1 Å². The van der Waals surface area contributed by atoms with Gasteiger partial charge < -0.3 is 25.9 Å². The second-order valence-corrected chi connectivity index (χ2v) is 15.7. The zero-order valence-corrected chi connectivity index (χ0v) is 28.8. The molecule has 2 unspecified atom stereocenters. The first-order chi connectivity index (χ1) is 23.1. The lowest BCUT2D eigenvalue weighted by Gasteiger charge is -2.92. The van der Waals surface area contributed by atoms with E-state index in [-0.39, 0.29) is 24.1 Å². The first-order valence-electron chi connectivity index (χ1n) is 18.0. The van der Waals surface area contributed by atoms with Gasteiger partial charge in [0, 0.05) is 79.2 Å². The Morgan fingerprint density at radius 3 is 2.42 bits per heavy atom. The van der Waals surface area contributed by atoms with Crippen LogP contribution in [0.25, 0.3) is 11.1 Å². The van der Waals surface area contributed by atoms with E-state index in [1.54, 1.807) is 12.8 Å². The van der Waals surface area contributed by atoms with Gasteiger partial charge in [-0.1, -0.05) is 0 Å². The van der Waals surface area contributed by atoms with Gasteiger partial charge in [-0.3, -0.25) is 14.5 Å². The highest BCUT2D eigenvalue weighted by atomic mass is 16.1. The molecule has 8 rings (SSSR count). The van der Waals surface area contributed by atoms with E-state index in [9.17, 15) is 9.59 Å². The summed E-state index contributed by atoms with van der Waals surface area (Å²) in [5.74, 6) is 3.93. The van der Waals surface area contributed by atoms with Gasteiger partial charge in [-0.25, -0.2) is 4.98 Å². The van der Waals surface area contributed by atoms with Crippen LogP contribution in [0.1, 0.15) is 78.7 Å². The summed E-state index contributed by atoms with van der Waals surface area (Å²) in [5, 5.41) is 14.5. The molecule has 3 heterocycles. The van der Waals surface area contributed by atoms with Crippen molar-refractivity contribution < 1.29 is 4.79 Å². The summed E-state index contributed by atoms with van der Waals surface area (Å²) >= 11 is 0. The van der Waals surface area contributed by atoms with Crippen LogP contribution in [0.4, 0.5) is 11.5 Å². The zero-order valence-electron chi connectivity index (χ0n) is 28.8. The summed E-state index contributed by atoms with van der Waals surface area (Å²) in [6.45, 7) is 13.3. The molecule has 4 saturated carbocycles. The van der Waals surface area contributed by atoms with E-state index in [4.69, 9.17) is 10.4 Å². The van der Waals surface area contributed by atoms with E-state index in [1.165, 1.54) is 32.0 Å². The van der Waals surface area contributed by atoms with Gasteiger partial charge in [0.15, 0.2) is 0 Å². The number of carbonyl (C=O) groups is 1. The van der Waals surface area contributed by atoms with Crippen molar-refractivity contribution in [3.05, 3.63) is 74.8 Å². The van der Waals surface area contributed by atoms with Gasteiger partial charge in [0.25, 0.3) is 11.5 Å². The Labute approximate surface area is 283 Å². The number of anilines is 2. The number of carbonyl (C=O) groups excluding carboxylic acids is 1. The van der Waals surface area contributed by atoms with Crippen LogP contribution in [0.5, 0.6) is 0 Å². The molecule has 2 atom stereocenters. The number of nitrogens with one attached hydrogen (secondary N) is 4. The Kier molecular flexibility index (Phi) is 7.55. The lowest BCUT2D eigenvalue weighted by Crippen LogP contribution is -2.85. The largest absolute Gasteiger partial charge is 0.382 e. The predicted octanol–water partition coefficient (Wildman–Crippen LogP) is 5.75. The van der Waals surface area contributed by atoms with Crippen LogP contribution in [-0.2, 0) is 6.54 Å². The number of aryl methyl sites for hydroxylation is 2. The van der Waals surface area contributed by atoms with Crippen molar-refractivity contribution in [2.45, 2.75) is 72.4 Å². The van der Waals surface area contributed by atoms with Crippen molar-refractivity contribution in [3.8, 4) is 11.1 Å². The third-order valence-electron chi connectivity index (χ3n) is 13.0. The third-order valence-corrected chi connectivity index (χ3v) is 13.0. The van der Waals surface area contributed by atoms with E-state index < -0.39 is 0 Å². The molecule has 252 valence electrons. The van der Waals surface area contributed by atoms with E-state index in [0.717, 1.165) is 83.0 Å². The second kappa shape index (κ2) is 11.6. The van der Waals surface area contributed by atoms with Crippen molar-refractivity contribution in [2.75, 3.05) is 42.9 Å². The SMILES string of the molecule is Cc1cc(C)c(CNC(=O)c2cc(-c3ccc(N4CCN(CCC56CC7CC8CC(C5)C876)CC4)nc3)cc(NC(C)C)c2C=N)c(=O)[nH]1. The van der Waals surface area contributed by atoms with Gasteiger partial charge in [0.1, 0.15) is 5.82 Å². The quantitative estimate of drug-likeness (QED) is 0.197. The number of amides is 1. The molecule has 4 aliphatic carbocycles. The smallest absolute Gasteiger partial charge is 0.253 e. The molecule has 1 aromatic carbocycles. The van der Waals surface area contributed by atoms with Gasteiger partial charge in [-0.15, -0.1) is 0 Å². The van der Waals surface area contributed by atoms with Crippen molar-refractivity contribution in [2.24, 2.45) is 28.6 Å². The number of nitrogens with zero attached hydrogens (tertiary/aromatic N) is 3. The fourth-order valence-electron chi connectivity index (χ4n) is 10.9. The Morgan fingerprint density at radius 2 is 1.81 bits per heavy atom. The molecule has 1 aliphatic heterocycles. The minimum Gasteiger partial charge on any atom is -0.382 e. The topological polar surface area (TPSA) is 117 Å². The van der Waals surface area contributed by atoms with E-state index >= 15 is 0 Å². The van der Waals surface area contributed by atoms with Gasteiger partial charge >= 0.3 is 0 Å². The lowest BCUT2D eigenvalue weighted by molar-refractivity contribution is -0.433. The standard InChI is InChI=1S/C39H49N7O2/c1-23(2)43-34-15-27(14-31(32(34)20-40)36(47)42-22-33-24(3)13-25(4)44-37(33)48)26-5-6-35(41-21-26)46-11-9-45(10-12-46)8-7-38-18-29-16-28-17-30(19-38)39(28,29)38/h5-6,13-15,20-21,23,28-30,40,43H,7-12,16-19,22H2,1-4H3,(H,42,47)(H,44,48). The normalized spacial score (nSPS) is 28.3. The molecule has 0 bridgehead atoms. The number of rotatable bonds is 11. The predicted molar refractivity (Wildman–Crippen MR) is 191 cm³/mol. The van der Waals surface area contributed by atoms with Crippen molar-refractivity contribution >= 4 is 23.6 Å².